The minimum absolute atomic E-state index is 0.0853. The Morgan fingerprint density at radius 1 is 1.41 bits per heavy atom. The maximum Gasteiger partial charge on any atom is 0.244 e. The molecular weight excluding hydrogens is 214 g/mol. The van der Waals surface area contributed by atoms with Crippen molar-refractivity contribution < 1.29 is 9.90 Å². The third-order valence-electron chi connectivity index (χ3n) is 2.44. The Morgan fingerprint density at radius 2 is 2.06 bits per heavy atom. The minimum Gasteiger partial charge on any atom is -0.396 e. The molecule has 0 saturated heterocycles. The zero-order valence-electron chi connectivity index (χ0n) is 10.3. The molecule has 2 N–H and O–H groups in total. The molecule has 1 amide bonds. The average molecular weight is 233 g/mol. The summed E-state index contributed by atoms with van der Waals surface area (Å²) < 4.78 is 0. The van der Waals surface area contributed by atoms with E-state index in [9.17, 15) is 4.79 Å². The number of aryl methyl sites for hydroxylation is 1. The van der Waals surface area contributed by atoms with Crippen LogP contribution in [0, 0.1) is 12.8 Å². The first kappa shape index (κ1) is 13.5. The van der Waals surface area contributed by atoms with Crippen LogP contribution in [0.5, 0.6) is 0 Å². The predicted molar refractivity (Wildman–Crippen MR) is 69.5 cm³/mol. The first-order valence-electron chi connectivity index (χ1n) is 5.75. The fourth-order valence-corrected chi connectivity index (χ4v) is 1.25. The van der Waals surface area contributed by atoms with Gasteiger partial charge in [0, 0.05) is 19.2 Å². The van der Waals surface area contributed by atoms with Crippen LogP contribution in [-0.4, -0.2) is 24.2 Å². The Hall–Kier alpha value is -1.61. The van der Waals surface area contributed by atoms with Crippen molar-refractivity contribution in [3.63, 3.8) is 0 Å². The van der Waals surface area contributed by atoms with E-state index in [1.807, 2.05) is 38.1 Å². The summed E-state index contributed by atoms with van der Waals surface area (Å²) in [6, 6.07) is 7.95. The summed E-state index contributed by atoms with van der Waals surface area (Å²) in [6.07, 6.45) is 3.28. The quantitative estimate of drug-likeness (QED) is 0.761. The van der Waals surface area contributed by atoms with Gasteiger partial charge in [0.25, 0.3) is 0 Å². The fraction of sp³-hybridized carbons (Fsp3) is 0.357. The van der Waals surface area contributed by atoms with E-state index in [1.54, 1.807) is 6.08 Å². The number of hydrogen-bond donors (Lipinski definition) is 2. The molecule has 1 atom stereocenters. The molecule has 92 valence electrons. The molecule has 0 radical (unpaired) electrons. The molecule has 0 aliphatic carbocycles. The molecule has 3 nitrogen and oxygen atoms in total. The number of aliphatic hydroxyl groups excluding tert-OH is 1. The summed E-state index contributed by atoms with van der Waals surface area (Å²) >= 11 is 0. The molecular formula is C14H19NO2. The van der Waals surface area contributed by atoms with Crippen molar-refractivity contribution in [3.8, 4) is 0 Å². The Bertz CT molecular complexity index is 382. The van der Waals surface area contributed by atoms with E-state index < -0.39 is 0 Å². The second kappa shape index (κ2) is 6.86. The molecule has 0 saturated carbocycles. The Balaban J connectivity index is 2.42. The fourth-order valence-electron chi connectivity index (χ4n) is 1.25. The molecule has 0 aromatic heterocycles. The SMILES string of the molecule is Cc1ccc(C=CC(=O)NCC(C)CO)cc1. The number of benzene rings is 1. The van der Waals surface area contributed by atoms with E-state index in [1.165, 1.54) is 11.6 Å². The highest BCUT2D eigenvalue weighted by molar-refractivity contribution is 5.91. The molecule has 1 rings (SSSR count). The lowest BCUT2D eigenvalue weighted by atomic mass is 10.1. The molecule has 0 heterocycles. The van der Waals surface area contributed by atoms with E-state index in [2.05, 4.69) is 5.32 Å². The number of aliphatic hydroxyl groups is 1. The summed E-state index contributed by atoms with van der Waals surface area (Å²) in [6.45, 7) is 4.48. The van der Waals surface area contributed by atoms with Crippen molar-refractivity contribution in [2.24, 2.45) is 5.92 Å². The Morgan fingerprint density at radius 3 is 2.65 bits per heavy atom. The van der Waals surface area contributed by atoms with Gasteiger partial charge < -0.3 is 10.4 Å². The normalized spacial score (nSPS) is 12.6. The van der Waals surface area contributed by atoms with E-state index in [-0.39, 0.29) is 18.4 Å². The number of amides is 1. The molecule has 0 bridgehead atoms. The number of rotatable bonds is 5. The van der Waals surface area contributed by atoms with Crippen molar-refractivity contribution in [3.05, 3.63) is 41.5 Å². The van der Waals surface area contributed by atoms with Gasteiger partial charge in [0.1, 0.15) is 0 Å². The monoisotopic (exact) mass is 233 g/mol. The van der Waals surface area contributed by atoms with Gasteiger partial charge in [-0.15, -0.1) is 0 Å². The van der Waals surface area contributed by atoms with Crippen molar-refractivity contribution in [2.75, 3.05) is 13.2 Å². The van der Waals surface area contributed by atoms with E-state index in [0.717, 1.165) is 5.56 Å². The molecule has 0 aliphatic rings. The summed E-state index contributed by atoms with van der Waals surface area (Å²) in [4.78, 5) is 11.4. The Labute approximate surface area is 102 Å². The van der Waals surface area contributed by atoms with Gasteiger partial charge in [-0.2, -0.15) is 0 Å². The second-order valence-corrected chi connectivity index (χ2v) is 4.28. The molecule has 3 heteroatoms. The zero-order valence-corrected chi connectivity index (χ0v) is 10.3. The van der Waals surface area contributed by atoms with Gasteiger partial charge in [-0.3, -0.25) is 4.79 Å². The molecule has 17 heavy (non-hydrogen) atoms. The lowest BCUT2D eigenvalue weighted by Gasteiger charge is -2.07. The minimum atomic E-state index is -0.133. The van der Waals surface area contributed by atoms with Gasteiger partial charge in [-0.25, -0.2) is 0 Å². The number of nitrogens with one attached hydrogen (secondary N) is 1. The summed E-state index contributed by atoms with van der Waals surface area (Å²) in [7, 11) is 0. The van der Waals surface area contributed by atoms with Gasteiger partial charge in [0.15, 0.2) is 0 Å². The highest BCUT2D eigenvalue weighted by Gasteiger charge is 2.01. The largest absolute Gasteiger partial charge is 0.396 e. The smallest absolute Gasteiger partial charge is 0.244 e. The van der Waals surface area contributed by atoms with Gasteiger partial charge >= 0.3 is 0 Å². The molecule has 1 aromatic rings. The zero-order chi connectivity index (χ0) is 12.7. The highest BCUT2D eigenvalue weighted by atomic mass is 16.3. The van der Waals surface area contributed by atoms with Gasteiger partial charge in [-0.05, 0) is 24.5 Å². The standard InChI is InChI=1S/C14H19NO2/c1-11-3-5-13(6-4-11)7-8-14(17)15-9-12(2)10-16/h3-8,12,16H,9-10H2,1-2H3,(H,15,17). The van der Waals surface area contributed by atoms with Crippen LogP contribution in [0.4, 0.5) is 0 Å². The van der Waals surface area contributed by atoms with Crippen LogP contribution < -0.4 is 5.32 Å². The van der Waals surface area contributed by atoms with Crippen LogP contribution in [0.1, 0.15) is 18.1 Å². The van der Waals surface area contributed by atoms with Crippen LogP contribution in [0.3, 0.4) is 0 Å². The first-order valence-corrected chi connectivity index (χ1v) is 5.75. The van der Waals surface area contributed by atoms with Crippen LogP contribution in [0.2, 0.25) is 0 Å². The van der Waals surface area contributed by atoms with Crippen molar-refractivity contribution in [2.45, 2.75) is 13.8 Å². The van der Waals surface area contributed by atoms with E-state index in [0.29, 0.717) is 6.54 Å². The third kappa shape index (κ3) is 5.31. The van der Waals surface area contributed by atoms with Crippen LogP contribution >= 0.6 is 0 Å². The summed E-state index contributed by atoms with van der Waals surface area (Å²) in [5.74, 6) is -0.0439. The lowest BCUT2D eigenvalue weighted by molar-refractivity contribution is -0.116. The predicted octanol–water partition coefficient (Wildman–Crippen LogP) is 1.75. The van der Waals surface area contributed by atoms with E-state index >= 15 is 0 Å². The lowest BCUT2D eigenvalue weighted by Crippen LogP contribution is -2.27. The summed E-state index contributed by atoms with van der Waals surface area (Å²) in [5.41, 5.74) is 2.20. The maximum atomic E-state index is 11.4. The molecule has 0 fully saturated rings. The third-order valence-corrected chi connectivity index (χ3v) is 2.44. The van der Waals surface area contributed by atoms with E-state index in [4.69, 9.17) is 5.11 Å². The summed E-state index contributed by atoms with van der Waals surface area (Å²) in [5, 5.41) is 11.5. The molecule has 0 spiro atoms. The Kier molecular flexibility index (Phi) is 5.43. The van der Waals surface area contributed by atoms with Gasteiger partial charge in [-0.1, -0.05) is 36.8 Å². The average Bonchev–Trinajstić information content (AvgIpc) is 2.35. The van der Waals surface area contributed by atoms with Crippen molar-refractivity contribution in [1.82, 2.24) is 5.32 Å². The van der Waals surface area contributed by atoms with Gasteiger partial charge in [0.05, 0.1) is 0 Å². The van der Waals surface area contributed by atoms with Crippen LogP contribution in [-0.2, 0) is 4.79 Å². The first-order chi connectivity index (χ1) is 8.11. The van der Waals surface area contributed by atoms with Crippen molar-refractivity contribution in [1.29, 1.82) is 0 Å². The molecule has 1 unspecified atom stereocenters. The van der Waals surface area contributed by atoms with Gasteiger partial charge in [0.2, 0.25) is 5.91 Å². The number of hydrogen-bond acceptors (Lipinski definition) is 2. The number of carbonyl (C=O) groups is 1. The molecule has 1 aromatic carbocycles. The topological polar surface area (TPSA) is 49.3 Å². The maximum absolute atomic E-state index is 11.4. The van der Waals surface area contributed by atoms with Crippen LogP contribution in [0.25, 0.3) is 6.08 Å². The highest BCUT2D eigenvalue weighted by Crippen LogP contribution is 2.04. The van der Waals surface area contributed by atoms with Crippen molar-refractivity contribution >= 4 is 12.0 Å². The second-order valence-electron chi connectivity index (χ2n) is 4.28. The number of carbonyl (C=O) groups excluding carboxylic acids is 1. The van der Waals surface area contributed by atoms with Crippen LogP contribution in [0.15, 0.2) is 30.3 Å². The molecule has 0 aliphatic heterocycles.